The van der Waals surface area contributed by atoms with Crippen LogP contribution in [0, 0.1) is 5.82 Å². The van der Waals surface area contributed by atoms with Crippen molar-refractivity contribution in [1.29, 1.82) is 0 Å². The Hall–Kier alpha value is -1.54. The van der Waals surface area contributed by atoms with E-state index in [1.54, 1.807) is 12.1 Å². The first kappa shape index (κ1) is 12.9. The lowest BCUT2D eigenvalue weighted by atomic mass is 10.1. The molecule has 0 amide bonds. The molecule has 2 aromatic rings. The summed E-state index contributed by atoms with van der Waals surface area (Å²) in [6.07, 6.45) is 0.863. The van der Waals surface area contributed by atoms with Crippen LogP contribution < -0.4 is 4.74 Å². The second-order valence-corrected chi connectivity index (χ2v) is 4.18. The van der Waals surface area contributed by atoms with Crippen molar-refractivity contribution in [1.82, 2.24) is 0 Å². The lowest BCUT2D eigenvalue weighted by molar-refractivity contribution is 0.465. The van der Waals surface area contributed by atoms with E-state index in [9.17, 15) is 4.39 Å². The molecule has 2 aromatic carbocycles. The maximum atomic E-state index is 13.6. The molecule has 0 aliphatic heterocycles. The van der Waals surface area contributed by atoms with Gasteiger partial charge in [0.05, 0.1) is 5.88 Å². The monoisotopic (exact) mass is 264 g/mol. The molecule has 0 spiro atoms. The van der Waals surface area contributed by atoms with Gasteiger partial charge in [0.2, 0.25) is 0 Å². The highest BCUT2D eigenvalue weighted by Gasteiger charge is 2.10. The van der Waals surface area contributed by atoms with Crippen molar-refractivity contribution in [2.24, 2.45) is 0 Å². The molecule has 0 saturated carbocycles. The number of rotatable bonds is 4. The maximum absolute atomic E-state index is 13.6. The van der Waals surface area contributed by atoms with E-state index in [2.05, 4.69) is 6.92 Å². The van der Waals surface area contributed by atoms with Gasteiger partial charge >= 0.3 is 0 Å². The summed E-state index contributed by atoms with van der Waals surface area (Å²) in [7, 11) is 0. The zero-order valence-corrected chi connectivity index (χ0v) is 10.9. The summed E-state index contributed by atoms with van der Waals surface area (Å²) in [6, 6.07) is 12.5. The minimum Gasteiger partial charge on any atom is -0.457 e. The van der Waals surface area contributed by atoms with Gasteiger partial charge in [-0.05, 0) is 30.2 Å². The third-order valence-corrected chi connectivity index (χ3v) is 3.05. The third-order valence-electron chi connectivity index (χ3n) is 2.78. The summed E-state index contributed by atoms with van der Waals surface area (Å²) >= 11 is 5.76. The Bertz CT molecular complexity index is 540. The fraction of sp³-hybridized carbons (Fsp3) is 0.200. The number of hydrogen-bond donors (Lipinski definition) is 0. The lowest BCUT2D eigenvalue weighted by Crippen LogP contribution is -1.95. The molecular formula is C15H14ClFO. The van der Waals surface area contributed by atoms with Gasteiger partial charge in [0.25, 0.3) is 0 Å². The summed E-state index contributed by atoms with van der Waals surface area (Å²) in [5, 5.41) is 0. The molecule has 1 nitrogen and oxygen atoms in total. The van der Waals surface area contributed by atoms with Crippen LogP contribution in [0.3, 0.4) is 0 Å². The van der Waals surface area contributed by atoms with E-state index in [1.807, 2.05) is 24.3 Å². The molecule has 0 atom stereocenters. The van der Waals surface area contributed by atoms with Gasteiger partial charge < -0.3 is 4.74 Å². The van der Waals surface area contributed by atoms with Crippen LogP contribution in [0.2, 0.25) is 0 Å². The Morgan fingerprint density at radius 3 is 2.50 bits per heavy atom. The van der Waals surface area contributed by atoms with Crippen LogP contribution in [0.15, 0.2) is 42.5 Å². The summed E-state index contributed by atoms with van der Waals surface area (Å²) in [5.74, 6) is 0.982. The molecule has 0 aromatic heterocycles. The fourth-order valence-electron chi connectivity index (χ4n) is 1.78. The number of aryl methyl sites for hydroxylation is 1. The molecule has 18 heavy (non-hydrogen) atoms. The minimum atomic E-state index is -0.337. The van der Waals surface area contributed by atoms with E-state index in [1.165, 1.54) is 6.07 Å². The number of hydrogen-bond acceptors (Lipinski definition) is 1. The standard InChI is InChI=1S/C15H14ClFO/c1-2-11-6-3-4-8-14(11)18-15-9-5-7-13(17)12(15)10-16/h3-9H,2,10H2,1H3. The quantitative estimate of drug-likeness (QED) is 0.712. The normalized spacial score (nSPS) is 10.4. The number of para-hydroxylation sites is 1. The van der Waals surface area contributed by atoms with Crippen LogP contribution in [0.5, 0.6) is 11.5 Å². The van der Waals surface area contributed by atoms with Gasteiger partial charge in [0, 0.05) is 5.56 Å². The number of halogens is 2. The van der Waals surface area contributed by atoms with E-state index in [4.69, 9.17) is 16.3 Å². The van der Waals surface area contributed by atoms with Crippen LogP contribution in [0.1, 0.15) is 18.1 Å². The highest BCUT2D eigenvalue weighted by Crippen LogP contribution is 2.30. The second kappa shape index (κ2) is 5.87. The van der Waals surface area contributed by atoms with Crippen molar-refractivity contribution in [3.05, 3.63) is 59.4 Å². The van der Waals surface area contributed by atoms with Crippen LogP contribution in [0.4, 0.5) is 4.39 Å². The molecule has 3 heteroatoms. The minimum absolute atomic E-state index is 0.0936. The zero-order valence-electron chi connectivity index (χ0n) is 10.1. The first-order valence-corrected chi connectivity index (χ1v) is 6.38. The van der Waals surface area contributed by atoms with Gasteiger partial charge in [-0.25, -0.2) is 4.39 Å². The number of alkyl halides is 1. The Morgan fingerprint density at radius 1 is 1.06 bits per heavy atom. The topological polar surface area (TPSA) is 9.23 Å². The third kappa shape index (κ3) is 2.65. The molecule has 0 heterocycles. The smallest absolute Gasteiger partial charge is 0.134 e. The Balaban J connectivity index is 2.37. The van der Waals surface area contributed by atoms with Crippen LogP contribution in [-0.2, 0) is 12.3 Å². The summed E-state index contributed by atoms with van der Waals surface area (Å²) < 4.78 is 19.3. The second-order valence-electron chi connectivity index (χ2n) is 3.91. The SMILES string of the molecule is CCc1ccccc1Oc1cccc(F)c1CCl. The number of ether oxygens (including phenoxy) is 1. The molecule has 0 aliphatic rings. The molecule has 0 N–H and O–H groups in total. The Labute approximate surface area is 111 Å². The van der Waals surface area contributed by atoms with Gasteiger partial charge in [-0.3, -0.25) is 0 Å². The molecule has 0 bridgehead atoms. The van der Waals surface area contributed by atoms with Gasteiger partial charge in [0.15, 0.2) is 0 Å². The molecule has 0 unspecified atom stereocenters. The Kier molecular flexibility index (Phi) is 4.21. The van der Waals surface area contributed by atoms with Gasteiger partial charge in [-0.15, -0.1) is 11.6 Å². The van der Waals surface area contributed by atoms with E-state index < -0.39 is 0 Å². The van der Waals surface area contributed by atoms with Crippen LogP contribution >= 0.6 is 11.6 Å². The average molecular weight is 265 g/mol. The first-order valence-electron chi connectivity index (χ1n) is 5.85. The molecular weight excluding hydrogens is 251 g/mol. The van der Waals surface area contributed by atoms with Crippen molar-refractivity contribution in [2.75, 3.05) is 0 Å². The van der Waals surface area contributed by atoms with E-state index in [0.29, 0.717) is 11.3 Å². The van der Waals surface area contributed by atoms with Crippen LogP contribution in [0.25, 0.3) is 0 Å². The van der Waals surface area contributed by atoms with Crippen molar-refractivity contribution in [2.45, 2.75) is 19.2 Å². The van der Waals surface area contributed by atoms with E-state index in [-0.39, 0.29) is 11.7 Å². The molecule has 0 radical (unpaired) electrons. The van der Waals surface area contributed by atoms with Crippen LogP contribution in [-0.4, -0.2) is 0 Å². The lowest BCUT2D eigenvalue weighted by Gasteiger charge is -2.12. The van der Waals surface area contributed by atoms with Crippen molar-refractivity contribution in [3.8, 4) is 11.5 Å². The molecule has 94 valence electrons. The summed E-state index contributed by atoms with van der Waals surface area (Å²) in [6.45, 7) is 2.05. The van der Waals surface area contributed by atoms with E-state index >= 15 is 0 Å². The van der Waals surface area contributed by atoms with Crippen molar-refractivity contribution < 1.29 is 9.13 Å². The Morgan fingerprint density at radius 2 is 1.78 bits per heavy atom. The molecule has 2 rings (SSSR count). The summed E-state index contributed by atoms with van der Waals surface area (Å²) in [4.78, 5) is 0. The summed E-state index contributed by atoms with van der Waals surface area (Å²) in [5.41, 5.74) is 1.48. The van der Waals surface area contributed by atoms with Crippen molar-refractivity contribution in [3.63, 3.8) is 0 Å². The zero-order chi connectivity index (χ0) is 13.0. The maximum Gasteiger partial charge on any atom is 0.134 e. The van der Waals surface area contributed by atoms with E-state index in [0.717, 1.165) is 17.7 Å². The molecule has 0 fully saturated rings. The fourth-order valence-corrected chi connectivity index (χ4v) is 2.04. The predicted molar refractivity (Wildman–Crippen MR) is 71.9 cm³/mol. The average Bonchev–Trinajstić information content (AvgIpc) is 2.40. The first-order chi connectivity index (χ1) is 8.76. The highest BCUT2D eigenvalue weighted by atomic mass is 35.5. The molecule has 0 aliphatic carbocycles. The largest absolute Gasteiger partial charge is 0.457 e. The highest BCUT2D eigenvalue weighted by molar-refractivity contribution is 6.17. The predicted octanol–water partition coefficient (Wildman–Crippen LogP) is 4.92. The number of benzene rings is 2. The van der Waals surface area contributed by atoms with Gasteiger partial charge in [-0.2, -0.15) is 0 Å². The van der Waals surface area contributed by atoms with Gasteiger partial charge in [0.1, 0.15) is 17.3 Å². The molecule has 0 saturated heterocycles. The van der Waals surface area contributed by atoms with Gasteiger partial charge in [-0.1, -0.05) is 31.2 Å². The van der Waals surface area contributed by atoms with Crippen molar-refractivity contribution >= 4 is 11.6 Å².